The average molecular weight is 885 g/mol. The van der Waals surface area contributed by atoms with E-state index in [2.05, 4.69) is 4.98 Å². The van der Waals surface area contributed by atoms with E-state index in [9.17, 15) is 29.1 Å². The molecule has 0 radical (unpaired) electrons. The first-order chi connectivity index (χ1) is 29.3. The quantitative estimate of drug-likeness (QED) is 0.138. The molecule has 1 N–H and O–H groups in total. The van der Waals surface area contributed by atoms with Crippen molar-refractivity contribution < 1.29 is 52.8 Å². The molecule has 2 aromatic rings. The molecule has 5 rings (SSSR count). The summed E-state index contributed by atoms with van der Waals surface area (Å²) in [4.78, 5) is 80.5. The van der Waals surface area contributed by atoms with Gasteiger partial charge in [-0.1, -0.05) is 52.8 Å². The number of fused-ring (bicyclic) bond motifs is 1. The zero-order valence-electron chi connectivity index (χ0n) is 38.3. The molecule has 0 unspecified atom stereocenters. The Morgan fingerprint density at radius 3 is 2.32 bits per heavy atom. The van der Waals surface area contributed by atoms with Gasteiger partial charge in [-0.25, -0.2) is 9.78 Å². The van der Waals surface area contributed by atoms with Crippen LogP contribution in [-0.2, 0) is 38.1 Å². The first kappa shape index (κ1) is 49.2. The van der Waals surface area contributed by atoms with E-state index in [1.165, 1.54) is 25.4 Å². The summed E-state index contributed by atoms with van der Waals surface area (Å²) in [6.45, 7) is 17.1. The van der Waals surface area contributed by atoms with Crippen molar-refractivity contribution in [3.63, 3.8) is 0 Å². The average Bonchev–Trinajstić information content (AvgIpc) is 3.89. The first-order valence-corrected chi connectivity index (χ1v) is 23.0. The van der Waals surface area contributed by atoms with Crippen LogP contribution in [0.5, 0.6) is 0 Å². The van der Waals surface area contributed by atoms with Crippen LogP contribution in [0, 0.1) is 23.7 Å². The molecule has 62 heavy (non-hydrogen) atoms. The van der Waals surface area contributed by atoms with Gasteiger partial charge in [0.25, 0.3) is 5.91 Å². The number of esters is 1. The van der Waals surface area contributed by atoms with E-state index in [0.29, 0.717) is 43.0 Å². The van der Waals surface area contributed by atoms with Gasteiger partial charge in [0.2, 0.25) is 0 Å². The van der Waals surface area contributed by atoms with Gasteiger partial charge in [0.1, 0.15) is 23.9 Å². The fourth-order valence-corrected chi connectivity index (χ4v) is 10.5. The molecule has 0 bridgehead atoms. The molecular formula is C46H68N4O11S. The molecule has 1 aromatic carbocycles. The molecule has 2 amide bonds. The molecule has 13 atom stereocenters. The van der Waals surface area contributed by atoms with E-state index in [1.54, 1.807) is 81.8 Å². The normalized spacial score (nSPS) is 35.0. The summed E-state index contributed by atoms with van der Waals surface area (Å²) < 4.78 is 31.4. The lowest BCUT2D eigenvalue weighted by Crippen LogP contribution is -2.60. The minimum atomic E-state index is -1.46. The molecule has 3 fully saturated rings. The third-order valence-electron chi connectivity index (χ3n) is 13.5. The third kappa shape index (κ3) is 10.3. The highest BCUT2D eigenvalue weighted by molar-refractivity contribution is 7.13. The number of unbranched alkanes of at least 4 members (excludes halogenated alkanes) is 1. The number of hydrogen-bond donors (Lipinski definition) is 1. The number of carbonyl (C=O) groups excluding carboxylic acids is 5. The Morgan fingerprint density at radius 1 is 1.02 bits per heavy atom. The minimum Gasteiger partial charge on any atom is -0.458 e. The highest BCUT2D eigenvalue weighted by atomic mass is 32.1. The number of nitrogens with zero attached hydrogens (tertiary/aromatic N) is 4. The van der Waals surface area contributed by atoms with Gasteiger partial charge < -0.3 is 38.6 Å². The van der Waals surface area contributed by atoms with Gasteiger partial charge in [-0.15, -0.1) is 11.3 Å². The van der Waals surface area contributed by atoms with Crippen molar-refractivity contribution in [2.75, 3.05) is 38.7 Å². The number of methoxy groups -OCH3 is 1. The van der Waals surface area contributed by atoms with Gasteiger partial charge in [-0.3, -0.25) is 24.1 Å². The van der Waals surface area contributed by atoms with Crippen molar-refractivity contribution in [2.45, 2.75) is 148 Å². The summed E-state index contributed by atoms with van der Waals surface area (Å²) in [5.74, 6) is -5.38. The second kappa shape index (κ2) is 20.8. The van der Waals surface area contributed by atoms with Crippen LogP contribution in [0.25, 0.3) is 0 Å². The highest BCUT2D eigenvalue weighted by Crippen LogP contribution is 2.43. The van der Waals surface area contributed by atoms with Crippen LogP contribution in [0.1, 0.15) is 105 Å². The number of benzene rings is 1. The maximum absolute atomic E-state index is 14.8. The molecule has 0 aliphatic carbocycles. The SMILES string of the molecule is CC[C@H]1OC(=O)[C@H](C)C(=O)[C@H](C)[C@@H](O[C@@H]2O[C@H](C)C[C@H](N(C)CC)[C@H]2O)[C@](C)(OC)C[C@@H](C)C(=O)[C@H](C)[C@@H]2N(CCCCN(C(=O)c3ccccc3)c3nccs3)C(=O)O[C@@]21C. The maximum atomic E-state index is 14.8. The summed E-state index contributed by atoms with van der Waals surface area (Å²) in [6.07, 6.45) is -1.72. The van der Waals surface area contributed by atoms with Gasteiger partial charge in [-0.2, -0.15) is 0 Å². The predicted octanol–water partition coefficient (Wildman–Crippen LogP) is 6.16. The first-order valence-electron chi connectivity index (χ1n) is 22.1. The van der Waals surface area contributed by atoms with Crippen LogP contribution in [0.4, 0.5) is 9.93 Å². The Morgan fingerprint density at radius 2 is 1.71 bits per heavy atom. The van der Waals surface area contributed by atoms with Crippen LogP contribution >= 0.6 is 11.3 Å². The number of aliphatic hydroxyl groups is 1. The number of cyclic esters (lactones) is 1. The molecule has 344 valence electrons. The number of ketones is 2. The molecule has 3 aliphatic rings. The molecular weight excluding hydrogens is 817 g/mol. The number of thiazole rings is 1. The number of rotatable bonds is 13. The summed E-state index contributed by atoms with van der Waals surface area (Å²) >= 11 is 1.36. The number of aromatic nitrogens is 1. The van der Waals surface area contributed by atoms with Gasteiger partial charge >= 0.3 is 12.1 Å². The largest absolute Gasteiger partial charge is 0.458 e. The molecule has 3 aliphatic heterocycles. The van der Waals surface area contributed by atoms with Gasteiger partial charge in [-0.05, 0) is 85.5 Å². The Hall–Kier alpha value is -3.80. The Bertz CT molecular complexity index is 1850. The fourth-order valence-electron chi connectivity index (χ4n) is 9.79. The van der Waals surface area contributed by atoms with E-state index in [1.807, 2.05) is 37.2 Å². The zero-order chi connectivity index (χ0) is 45.7. The van der Waals surface area contributed by atoms with Crippen LogP contribution < -0.4 is 4.90 Å². The molecule has 0 spiro atoms. The Kier molecular flexibility index (Phi) is 16.5. The smallest absolute Gasteiger partial charge is 0.410 e. The van der Waals surface area contributed by atoms with Crippen molar-refractivity contribution in [1.29, 1.82) is 0 Å². The van der Waals surface area contributed by atoms with Crippen LogP contribution in [0.2, 0.25) is 0 Å². The standard InChI is InChI=1S/C46H68N4O11S/c1-12-34-46(9)38(49(44(56)61-46)22-17-18-23-50(43-47-21-24-62-43)40(54)32-19-15-14-16-20-32)29(5)35(51)27(3)26-45(8,57-11)39(30(6)36(52)31(7)41(55)59-34)60-42-37(53)33(48(10)13-2)25-28(4)58-42/h14-16,19-21,24,27-31,33-34,37-39,42,53H,12-13,17-18,22-23,25-26H2,1-11H3/t27-,28-,29+,30+,31-,33+,34-,37-,38+,39-,42+,45-,46-/m1/s1. The molecule has 3 saturated heterocycles. The van der Waals surface area contributed by atoms with Crippen molar-refractivity contribution >= 4 is 46.0 Å². The predicted molar refractivity (Wildman–Crippen MR) is 234 cm³/mol. The lowest BCUT2D eigenvalue weighted by molar-refractivity contribution is -0.296. The zero-order valence-corrected chi connectivity index (χ0v) is 39.1. The molecule has 1 aromatic heterocycles. The maximum Gasteiger partial charge on any atom is 0.410 e. The topological polar surface area (TPSA) is 174 Å². The van der Waals surface area contributed by atoms with E-state index in [0.717, 1.165) is 0 Å². The number of anilines is 1. The summed E-state index contributed by atoms with van der Waals surface area (Å²) in [6, 6.07) is 7.82. The summed E-state index contributed by atoms with van der Waals surface area (Å²) in [5.41, 5.74) is -2.24. The monoisotopic (exact) mass is 884 g/mol. The number of hydrogen-bond acceptors (Lipinski definition) is 14. The van der Waals surface area contributed by atoms with Crippen molar-refractivity contribution in [3.8, 4) is 0 Å². The van der Waals surface area contributed by atoms with Crippen LogP contribution in [0.3, 0.4) is 0 Å². The molecule has 4 heterocycles. The van der Waals surface area contributed by atoms with Crippen molar-refractivity contribution in [3.05, 3.63) is 47.5 Å². The van der Waals surface area contributed by atoms with Gasteiger partial charge in [0, 0.05) is 61.1 Å². The second-order valence-corrected chi connectivity index (χ2v) is 18.7. The van der Waals surface area contributed by atoms with Crippen LogP contribution in [-0.4, -0.2) is 137 Å². The van der Waals surface area contributed by atoms with E-state index in [-0.39, 0.29) is 43.2 Å². The van der Waals surface area contributed by atoms with E-state index < -0.39 is 83.4 Å². The highest BCUT2D eigenvalue weighted by Gasteiger charge is 2.60. The Balaban J connectivity index is 1.45. The lowest BCUT2D eigenvalue weighted by atomic mass is 9.73. The summed E-state index contributed by atoms with van der Waals surface area (Å²) in [5, 5.41) is 14.0. The number of aliphatic hydroxyl groups excluding tert-OH is 1. The number of amides is 2. The summed E-state index contributed by atoms with van der Waals surface area (Å²) in [7, 11) is 3.41. The van der Waals surface area contributed by atoms with E-state index >= 15 is 0 Å². The lowest BCUT2D eigenvalue weighted by Gasteiger charge is -2.47. The minimum absolute atomic E-state index is 0.0991. The molecule has 0 saturated carbocycles. The fraction of sp³-hybridized carbons (Fsp3) is 0.696. The van der Waals surface area contributed by atoms with Gasteiger partial charge in [0.05, 0.1) is 23.9 Å². The Labute approximate surface area is 370 Å². The van der Waals surface area contributed by atoms with E-state index in [4.69, 9.17) is 23.7 Å². The van der Waals surface area contributed by atoms with Crippen LogP contribution in [0.15, 0.2) is 41.9 Å². The number of Topliss-reactive ketones (excluding diaryl/α,β-unsaturated/α-hetero) is 2. The van der Waals surface area contributed by atoms with Gasteiger partial charge in [0.15, 0.2) is 22.8 Å². The van der Waals surface area contributed by atoms with Crippen molar-refractivity contribution in [2.24, 2.45) is 23.7 Å². The molecule has 16 heteroatoms. The van der Waals surface area contributed by atoms with Crippen molar-refractivity contribution in [1.82, 2.24) is 14.8 Å². The number of ether oxygens (including phenoxy) is 5. The number of carbonyl (C=O) groups is 5. The number of likely N-dealkylation sites (N-methyl/N-ethyl adjacent to an activating group) is 1. The third-order valence-corrected chi connectivity index (χ3v) is 14.3. The molecule has 15 nitrogen and oxygen atoms in total. The second-order valence-electron chi connectivity index (χ2n) is 17.8.